The molecule has 1 aromatic carbocycles. The molecule has 8 heteroatoms. The molecule has 0 saturated carbocycles. The Morgan fingerprint density at radius 3 is 2.12 bits per heavy atom. The summed E-state index contributed by atoms with van der Waals surface area (Å²) in [5.41, 5.74) is -0.895. The van der Waals surface area contributed by atoms with E-state index in [0.29, 0.717) is 24.1 Å². The number of hydrogen-bond acceptors (Lipinski definition) is 4. The summed E-state index contributed by atoms with van der Waals surface area (Å²) in [6.45, 7) is 9.27. The van der Waals surface area contributed by atoms with Crippen molar-refractivity contribution in [2.45, 2.75) is 63.6 Å². The highest BCUT2D eigenvalue weighted by Gasteiger charge is 2.52. The van der Waals surface area contributed by atoms with Gasteiger partial charge in [-0.3, -0.25) is 4.79 Å². The molecular formula is C18H25BF2O4S. The van der Waals surface area contributed by atoms with Crippen molar-refractivity contribution >= 4 is 30.3 Å². The highest BCUT2D eigenvalue weighted by molar-refractivity contribution is 7.99. The summed E-state index contributed by atoms with van der Waals surface area (Å²) in [5.74, 6) is -2.44. The Kier molecular flexibility index (Phi) is 6.41. The van der Waals surface area contributed by atoms with E-state index in [4.69, 9.17) is 14.4 Å². The molecule has 2 rings (SSSR count). The first-order valence-electron chi connectivity index (χ1n) is 8.68. The predicted octanol–water partition coefficient (Wildman–Crippen LogP) is 3.86. The van der Waals surface area contributed by atoms with Crippen molar-refractivity contribution in [1.29, 1.82) is 0 Å². The summed E-state index contributed by atoms with van der Waals surface area (Å²) in [5, 5.41) is 9.04. The number of thioether (sulfide) groups is 1. The van der Waals surface area contributed by atoms with Gasteiger partial charge in [-0.15, -0.1) is 11.8 Å². The second kappa shape index (κ2) is 7.86. The van der Waals surface area contributed by atoms with Crippen LogP contribution in [0.25, 0.3) is 0 Å². The largest absolute Gasteiger partial charge is 0.495 e. The van der Waals surface area contributed by atoms with Crippen LogP contribution in [-0.2, 0) is 14.1 Å². The van der Waals surface area contributed by atoms with Gasteiger partial charge in [0, 0.05) is 0 Å². The SMILES string of the molecule is CCC(CCSc1c(F)cc(B2OC(C)(C)C(C)(C)O2)cc1F)C(=O)O. The van der Waals surface area contributed by atoms with Crippen LogP contribution in [-0.4, -0.2) is 35.1 Å². The van der Waals surface area contributed by atoms with Gasteiger partial charge in [-0.2, -0.15) is 0 Å². The van der Waals surface area contributed by atoms with E-state index in [1.165, 1.54) is 12.1 Å². The number of carbonyl (C=O) groups is 1. The van der Waals surface area contributed by atoms with Crippen LogP contribution in [0.4, 0.5) is 8.78 Å². The molecule has 1 aliphatic heterocycles. The molecule has 0 amide bonds. The van der Waals surface area contributed by atoms with Gasteiger partial charge in [-0.05, 0) is 63.9 Å². The molecule has 4 nitrogen and oxygen atoms in total. The predicted molar refractivity (Wildman–Crippen MR) is 98.8 cm³/mol. The van der Waals surface area contributed by atoms with Gasteiger partial charge in [0.1, 0.15) is 11.6 Å². The Balaban J connectivity index is 2.10. The minimum absolute atomic E-state index is 0.106. The monoisotopic (exact) mass is 386 g/mol. The summed E-state index contributed by atoms with van der Waals surface area (Å²) in [6.07, 6.45) is 0.843. The molecule has 1 heterocycles. The van der Waals surface area contributed by atoms with E-state index < -0.39 is 41.8 Å². The maximum atomic E-state index is 14.4. The van der Waals surface area contributed by atoms with Crippen LogP contribution in [0.15, 0.2) is 17.0 Å². The molecule has 0 aromatic heterocycles. The maximum absolute atomic E-state index is 14.4. The Hall–Kier alpha value is -1.12. The number of halogens is 2. The topological polar surface area (TPSA) is 55.8 Å². The molecule has 0 radical (unpaired) electrons. The van der Waals surface area contributed by atoms with Gasteiger partial charge < -0.3 is 14.4 Å². The van der Waals surface area contributed by atoms with Gasteiger partial charge in [-0.1, -0.05) is 6.92 Å². The number of hydrogen-bond donors (Lipinski definition) is 1. The van der Waals surface area contributed by atoms with Crippen LogP contribution < -0.4 is 5.46 Å². The second-order valence-corrected chi connectivity index (χ2v) is 8.59. The fourth-order valence-corrected chi connectivity index (χ4v) is 3.64. The van der Waals surface area contributed by atoms with E-state index in [1.807, 2.05) is 27.7 Å². The van der Waals surface area contributed by atoms with E-state index in [2.05, 4.69) is 0 Å². The molecule has 0 bridgehead atoms. The van der Waals surface area contributed by atoms with Gasteiger partial charge in [0.2, 0.25) is 0 Å². The molecule has 1 N–H and O–H groups in total. The van der Waals surface area contributed by atoms with Crippen molar-refractivity contribution in [2.24, 2.45) is 5.92 Å². The molecule has 1 saturated heterocycles. The molecular weight excluding hydrogens is 361 g/mol. The van der Waals surface area contributed by atoms with Crippen molar-refractivity contribution in [3.8, 4) is 0 Å². The van der Waals surface area contributed by atoms with Crippen LogP contribution in [0, 0.1) is 17.6 Å². The average molecular weight is 386 g/mol. The fraction of sp³-hybridized carbons (Fsp3) is 0.611. The Labute approximate surface area is 157 Å². The zero-order valence-corrected chi connectivity index (χ0v) is 16.6. The van der Waals surface area contributed by atoms with Crippen LogP contribution >= 0.6 is 11.8 Å². The quantitative estimate of drug-likeness (QED) is 0.570. The van der Waals surface area contributed by atoms with Crippen molar-refractivity contribution in [3.05, 3.63) is 23.8 Å². The molecule has 0 aliphatic carbocycles. The second-order valence-electron chi connectivity index (χ2n) is 7.48. The molecule has 1 aliphatic rings. The summed E-state index contributed by atoms with van der Waals surface area (Å²) in [4.78, 5) is 10.9. The molecule has 1 unspecified atom stereocenters. The van der Waals surface area contributed by atoms with Gasteiger partial charge in [0.25, 0.3) is 0 Å². The first kappa shape index (κ1) is 21.2. The lowest BCUT2D eigenvalue weighted by Crippen LogP contribution is -2.41. The minimum Gasteiger partial charge on any atom is -0.481 e. The number of benzene rings is 1. The first-order valence-corrected chi connectivity index (χ1v) is 9.67. The highest BCUT2D eigenvalue weighted by Crippen LogP contribution is 2.37. The summed E-state index contributed by atoms with van der Waals surface area (Å²) in [7, 11) is -0.834. The Bertz CT molecular complexity index is 642. The number of carboxylic acid groups (broad SMARTS) is 1. The number of rotatable bonds is 7. The van der Waals surface area contributed by atoms with Crippen LogP contribution in [0.2, 0.25) is 0 Å². The van der Waals surface area contributed by atoms with Crippen molar-refractivity contribution in [1.82, 2.24) is 0 Å². The highest BCUT2D eigenvalue weighted by atomic mass is 32.2. The molecule has 1 fully saturated rings. The molecule has 0 spiro atoms. The maximum Gasteiger partial charge on any atom is 0.495 e. The standard InChI is InChI=1S/C18H25BF2O4S/c1-6-11(16(22)23)7-8-26-15-13(20)9-12(10-14(15)21)19-24-17(2,3)18(4,5)25-19/h9-11H,6-8H2,1-5H3,(H,22,23). The Morgan fingerprint density at radius 1 is 1.19 bits per heavy atom. The minimum atomic E-state index is -0.884. The first-order chi connectivity index (χ1) is 12.0. The number of carboxylic acids is 1. The third-order valence-electron chi connectivity index (χ3n) is 5.10. The number of aliphatic carboxylic acids is 1. The van der Waals surface area contributed by atoms with Crippen LogP contribution in [0.5, 0.6) is 0 Å². The summed E-state index contributed by atoms with van der Waals surface area (Å²) < 4.78 is 40.5. The zero-order valence-electron chi connectivity index (χ0n) is 15.8. The third kappa shape index (κ3) is 4.40. The summed E-state index contributed by atoms with van der Waals surface area (Å²) >= 11 is 0.991. The van der Waals surface area contributed by atoms with Crippen molar-refractivity contribution in [3.63, 3.8) is 0 Å². The lowest BCUT2D eigenvalue weighted by Gasteiger charge is -2.32. The molecule has 26 heavy (non-hydrogen) atoms. The molecule has 1 aromatic rings. The lowest BCUT2D eigenvalue weighted by atomic mass is 9.79. The fourth-order valence-electron chi connectivity index (χ4n) is 2.64. The van der Waals surface area contributed by atoms with Crippen molar-refractivity contribution in [2.75, 3.05) is 5.75 Å². The average Bonchev–Trinajstić information content (AvgIpc) is 2.73. The Morgan fingerprint density at radius 2 is 1.69 bits per heavy atom. The molecule has 1 atom stereocenters. The van der Waals surface area contributed by atoms with E-state index in [-0.39, 0.29) is 4.90 Å². The summed E-state index contributed by atoms with van der Waals surface area (Å²) in [6, 6.07) is 2.45. The lowest BCUT2D eigenvalue weighted by molar-refractivity contribution is -0.141. The molecule has 144 valence electrons. The van der Waals surface area contributed by atoms with Crippen molar-refractivity contribution < 1.29 is 28.0 Å². The normalized spacial score (nSPS) is 19.6. The van der Waals surface area contributed by atoms with Crippen LogP contribution in [0.1, 0.15) is 47.5 Å². The smallest absolute Gasteiger partial charge is 0.481 e. The van der Waals surface area contributed by atoms with Gasteiger partial charge in [0.05, 0.1) is 22.0 Å². The zero-order chi connectivity index (χ0) is 19.7. The van der Waals surface area contributed by atoms with Gasteiger partial charge in [-0.25, -0.2) is 8.78 Å². The van der Waals surface area contributed by atoms with E-state index in [1.54, 1.807) is 6.92 Å². The van der Waals surface area contributed by atoms with Gasteiger partial charge in [0.15, 0.2) is 0 Å². The van der Waals surface area contributed by atoms with E-state index in [0.717, 1.165) is 11.8 Å². The van der Waals surface area contributed by atoms with E-state index in [9.17, 15) is 13.6 Å². The van der Waals surface area contributed by atoms with E-state index >= 15 is 0 Å². The van der Waals surface area contributed by atoms with Crippen LogP contribution in [0.3, 0.4) is 0 Å². The third-order valence-corrected chi connectivity index (χ3v) is 6.22. The van der Waals surface area contributed by atoms with Gasteiger partial charge >= 0.3 is 13.1 Å².